The second-order valence-corrected chi connectivity index (χ2v) is 3.56. The van der Waals surface area contributed by atoms with Gasteiger partial charge in [0.05, 0.1) is 0 Å². The summed E-state index contributed by atoms with van der Waals surface area (Å²) in [6.07, 6.45) is -3.20. The van der Waals surface area contributed by atoms with Crippen LogP contribution in [0.5, 0.6) is 0 Å². The fraction of sp³-hybridized carbons (Fsp3) is 0.875. The largest absolute Gasteiger partial charge is 0.404 e. The maximum atomic E-state index is 12.4. The Morgan fingerprint density at radius 1 is 1.43 bits per heavy atom. The number of carbonyl (C=O) groups is 1. The number of piperidine rings is 1. The molecule has 1 rings (SSSR count). The van der Waals surface area contributed by atoms with Crippen molar-refractivity contribution >= 4 is 6.41 Å². The van der Waals surface area contributed by atoms with E-state index in [1.54, 1.807) is 0 Å². The summed E-state index contributed by atoms with van der Waals surface area (Å²) in [5, 5.41) is 2.50. The molecule has 1 saturated heterocycles. The molecule has 2 atom stereocenters. The van der Waals surface area contributed by atoms with E-state index in [0.717, 1.165) is 0 Å². The molecule has 1 amide bonds. The molecule has 1 N–H and O–H groups in total. The third kappa shape index (κ3) is 2.60. The molecule has 0 aromatic rings. The maximum Gasteiger partial charge on any atom is 0.404 e. The Bertz CT molecular complexity index is 207. The number of amides is 1. The summed E-state index contributed by atoms with van der Waals surface area (Å²) >= 11 is 0. The minimum atomic E-state index is -4.17. The summed E-state index contributed by atoms with van der Waals surface area (Å²) in [6, 6.07) is -1.52. The number of hydrogen-bond acceptors (Lipinski definition) is 2. The molecular formula is C8H13F3N2O. The van der Waals surface area contributed by atoms with Gasteiger partial charge in [0.25, 0.3) is 0 Å². The molecule has 3 nitrogen and oxygen atoms in total. The van der Waals surface area contributed by atoms with Crippen molar-refractivity contribution in [3.63, 3.8) is 0 Å². The molecule has 0 bridgehead atoms. The average molecular weight is 210 g/mol. The van der Waals surface area contributed by atoms with Gasteiger partial charge in [0.1, 0.15) is 6.04 Å². The van der Waals surface area contributed by atoms with Gasteiger partial charge in [0, 0.05) is 12.6 Å². The van der Waals surface area contributed by atoms with E-state index in [9.17, 15) is 18.0 Å². The lowest BCUT2D eigenvalue weighted by atomic mass is 9.99. The number of likely N-dealkylation sites (tertiary alicyclic amines) is 1. The maximum absolute atomic E-state index is 12.4. The van der Waals surface area contributed by atoms with Crippen molar-refractivity contribution < 1.29 is 18.0 Å². The van der Waals surface area contributed by atoms with Crippen LogP contribution in [0, 0.1) is 0 Å². The van der Waals surface area contributed by atoms with Crippen LogP contribution in [-0.4, -0.2) is 43.2 Å². The quantitative estimate of drug-likeness (QED) is 0.682. The number of nitrogens with zero attached hydrogens (tertiary/aromatic N) is 1. The fourth-order valence-corrected chi connectivity index (χ4v) is 1.79. The van der Waals surface area contributed by atoms with E-state index >= 15 is 0 Å². The first-order valence-electron chi connectivity index (χ1n) is 4.42. The first-order valence-corrected chi connectivity index (χ1v) is 4.42. The highest BCUT2D eigenvalue weighted by Crippen LogP contribution is 2.30. The van der Waals surface area contributed by atoms with Crippen molar-refractivity contribution in [2.75, 3.05) is 13.6 Å². The van der Waals surface area contributed by atoms with Crippen molar-refractivity contribution in [2.45, 2.75) is 31.1 Å². The van der Waals surface area contributed by atoms with E-state index in [4.69, 9.17) is 0 Å². The van der Waals surface area contributed by atoms with Crippen molar-refractivity contribution in [2.24, 2.45) is 0 Å². The molecular weight excluding hydrogens is 197 g/mol. The van der Waals surface area contributed by atoms with Gasteiger partial charge < -0.3 is 5.32 Å². The number of nitrogens with one attached hydrogen (secondary N) is 1. The Kier molecular flexibility index (Phi) is 3.36. The molecule has 0 aliphatic carbocycles. The van der Waals surface area contributed by atoms with Crippen LogP contribution >= 0.6 is 0 Å². The first-order chi connectivity index (χ1) is 6.45. The zero-order valence-electron chi connectivity index (χ0n) is 7.84. The molecule has 0 spiro atoms. The minimum Gasteiger partial charge on any atom is -0.355 e. The lowest BCUT2D eigenvalue weighted by Crippen LogP contribution is -2.53. The molecule has 1 heterocycles. The van der Waals surface area contributed by atoms with Crippen molar-refractivity contribution in [3.8, 4) is 0 Å². The molecule has 82 valence electrons. The van der Waals surface area contributed by atoms with E-state index in [0.29, 0.717) is 12.8 Å². The summed E-state index contributed by atoms with van der Waals surface area (Å²) in [4.78, 5) is 11.3. The summed E-state index contributed by atoms with van der Waals surface area (Å²) in [7, 11) is 1.43. The van der Waals surface area contributed by atoms with Gasteiger partial charge in [0.2, 0.25) is 6.41 Å². The van der Waals surface area contributed by atoms with Crippen LogP contribution in [0.3, 0.4) is 0 Å². The third-order valence-electron chi connectivity index (χ3n) is 2.51. The van der Waals surface area contributed by atoms with Gasteiger partial charge in [-0.15, -0.1) is 0 Å². The predicted molar refractivity (Wildman–Crippen MR) is 44.7 cm³/mol. The number of likely N-dealkylation sites (N-methyl/N-ethyl adjacent to an activating group) is 1. The van der Waals surface area contributed by atoms with Crippen LogP contribution in [0.15, 0.2) is 0 Å². The Hall–Kier alpha value is -0.780. The number of hydrogen-bond donors (Lipinski definition) is 1. The number of alkyl halides is 3. The van der Waals surface area contributed by atoms with Crippen LogP contribution in [0.1, 0.15) is 12.8 Å². The molecule has 6 heteroatoms. The van der Waals surface area contributed by atoms with Gasteiger partial charge in [-0.2, -0.15) is 13.2 Å². The lowest BCUT2D eigenvalue weighted by molar-refractivity contribution is -0.188. The second-order valence-electron chi connectivity index (χ2n) is 3.56. The van der Waals surface area contributed by atoms with Crippen molar-refractivity contribution in [1.82, 2.24) is 10.2 Å². The molecule has 0 radical (unpaired) electrons. The van der Waals surface area contributed by atoms with Crippen molar-refractivity contribution in [3.05, 3.63) is 0 Å². The summed E-state index contributed by atoms with van der Waals surface area (Å²) < 4.78 is 37.1. The second kappa shape index (κ2) is 4.16. The van der Waals surface area contributed by atoms with Gasteiger partial charge in [-0.3, -0.25) is 9.69 Å². The Morgan fingerprint density at radius 3 is 2.50 bits per heavy atom. The van der Waals surface area contributed by atoms with Gasteiger partial charge in [0.15, 0.2) is 0 Å². The van der Waals surface area contributed by atoms with Crippen LogP contribution in [0.25, 0.3) is 0 Å². The molecule has 1 fully saturated rings. The fourth-order valence-electron chi connectivity index (χ4n) is 1.79. The lowest BCUT2D eigenvalue weighted by Gasteiger charge is -2.37. The monoisotopic (exact) mass is 210 g/mol. The zero-order chi connectivity index (χ0) is 10.8. The highest BCUT2D eigenvalue weighted by atomic mass is 19.4. The van der Waals surface area contributed by atoms with E-state index in [1.807, 2.05) is 0 Å². The first kappa shape index (κ1) is 11.3. The van der Waals surface area contributed by atoms with Gasteiger partial charge in [-0.1, -0.05) is 0 Å². The van der Waals surface area contributed by atoms with Gasteiger partial charge >= 0.3 is 6.18 Å². The molecule has 1 aliphatic rings. The minimum absolute atomic E-state index is 0.0471. The van der Waals surface area contributed by atoms with Gasteiger partial charge in [-0.05, 0) is 19.9 Å². The van der Waals surface area contributed by atoms with Crippen molar-refractivity contribution in [1.29, 1.82) is 0 Å². The summed E-state index contributed by atoms with van der Waals surface area (Å²) in [5.74, 6) is 0. The number of rotatable bonds is 2. The topological polar surface area (TPSA) is 32.3 Å². The summed E-state index contributed by atoms with van der Waals surface area (Å²) in [5.41, 5.74) is 0. The molecule has 0 aromatic heterocycles. The Labute approximate surface area is 80.3 Å². The molecule has 1 aliphatic heterocycles. The smallest absolute Gasteiger partial charge is 0.355 e. The van der Waals surface area contributed by atoms with Crippen LogP contribution < -0.4 is 5.32 Å². The Balaban J connectivity index is 2.52. The van der Waals surface area contributed by atoms with E-state index in [-0.39, 0.29) is 19.0 Å². The van der Waals surface area contributed by atoms with Crippen LogP contribution in [0.2, 0.25) is 0 Å². The Morgan fingerprint density at radius 2 is 2.07 bits per heavy atom. The van der Waals surface area contributed by atoms with E-state index in [1.165, 1.54) is 11.9 Å². The van der Waals surface area contributed by atoms with Gasteiger partial charge in [-0.25, -0.2) is 0 Å². The van der Waals surface area contributed by atoms with E-state index < -0.39 is 12.2 Å². The standard InChI is InChI=1S/C8H13F3N2O/c1-13-4-6(12-5-14)2-3-7(13)8(9,10)11/h5-7H,2-4H2,1H3,(H,12,14). The molecule has 0 aromatic carbocycles. The van der Waals surface area contributed by atoms with Crippen LogP contribution in [-0.2, 0) is 4.79 Å². The number of halogens is 3. The SMILES string of the molecule is CN1CC(NC=O)CCC1C(F)(F)F. The normalized spacial score (nSPS) is 30.0. The zero-order valence-corrected chi connectivity index (χ0v) is 7.84. The molecule has 0 saturated carbocycles. The van der Waals surface area contributed by atoms with E-state index in [2.05, 4.69) is 5.32 Å². The highest BCUT2D eigenvalue weighted by Gasteiger charge is 2.44. The van der Waals surface area contributed by atoms with Crippen LogP contribution in [0.4, 0.5) is 13.2 Å². The summed E-state index contributed by atoms with van der Waals surface area (Å²) in [6.45, 7) is 0.253. The molecule has 2 unspecified atom stereocenters. The number of carbonyl (C=O) groups excluding carboxylic acids is 1. The average Bonchev–Trinajstić information content (AvgIpc) is 2.02. The third-order valence-corrected chi connectivity index (χ3v) is 2.51. The highest BCUT2D eigenvalue weighted by molar-refractivity contribution is 5.46. The predicted octanol–water partition coefficient (Wildman–Crippen LogP) is 0.757. The molecule has 14 heavy (non-hydrogen) atoms.